The Morgan fingerprint density at radius 2 is 1.82 bits per heavy atom. The molecule has 0 saturated heterocycles. The molecule has 33 heavy (non-hydrogen) atoms. The van der Waals surface area contributed by atoms with E-state index in [4.69, 9.17) is 4.74 Å². The summed E-state index contributed by atoms with van der Waals surface area (Å²) in [5.74, 6) is 0.953. The number of benzene rings is 2. The van der Waals surface area contributed by atoms with Gasteiger partial charge in [0.1, 0.15) is 12.4 Å². The second-order valence-electron chi connectivity index (χ2n) is 7.62. The predicted molar refractivity (Wildman–Crippen MR) is 134 cm³/mol. The smallest absolute Gasteiger partial charge is 0.229 e. The lowest BCUT2D eigenvalue weighted by Crippen LogP contribution is -2.22. The van der Waals surface area contributed by atoms with Gasteiger partial charge in [0, 0.05) is 11.5 Å². The maximum atomic E-state index is 12.5. The molecule has 1 N–H and O–H groups in total. The Morgan fingerprint density at radius 1 is 1.06 bits per heavy atom. The molecule has 0 saturated carbocycles. The van der Waals surface area contributed by atoms with Gasteiger partial charge in [-0.15, -0.1) is 10.2 Å². The number of carbonyl (C=O) groups excluding carboxylic acids is 2. The van der Waals surface area contributed by atoms with Gasteiger partial charge >= 0.3 is 0 Å². The average Bonchev–Trinajstić information content (AvgIpc) is 3.30. The van der Waals surface area contributed by atoms with Crippen molar-refractivity contribution < 1.29 is 14.3 Å². The van der Waals surface area contributed by atoms with Crippen molar-refractivity contribution >= 4 is 39.9 Å². The van der Waals surface area contributed by atoms with Crippen LogP contribution in [0.25, 0.3) is 0 Å². The van der Waals surface area contributed by atoms with Crippen LogP contribution in [0.2, 0.25) is 0 Å². The number of thioether (sulfide) groups is 1. The van der Waals surface area contributed by atoms with Gasteiger partial charge < -0.3 is 10.1 Å². The zero-order chi connectivity index (χ0) is 23.5. The van der Waals surface area contributed by atoms with Crippen molar-refractivity contribution in [3.63, 3.8) is 0 Å². The Labute approximate surface area is 203 Å². The maximum absolute atomic E-state index is 12.5. The van der Waals surface area contributed by atoms with E-state index in [1.165, 1.54) is 23.1 Å². The van der Waals surface area contributed by atoms with E-state index in [1.807, 2.05) is 49.4 Å². The number of anilines is 1. The Morgan fingerprint density at radius 3 is 2.52 bits per heavy atom. The van der Waals surface area contributed by atoms with Crippen LogP contribution in [0.3, 0.4) is 0 Å². The zero-order valence-corrected chi connectivity index (χ0v) is 20.6. The number of nitrogens with zero attached hydrogens (tertiary/aromatic N) is 2. The topological polar surface area (TPSA) is 81.2 Å². The maximum Gasteiger partial charge on any atom is 0.229 e. The normalized spacial score (nSPS) is 11.7. The van der Waals surface area contributed by atoms with E-state index in [0.29, 0.717) is 21.6 Å². The highest BCUT2D eigenvalue weighted by molar-refractivity contribution is 8.01. The van der Waals surface area contributed by atoms with Gasteiger partial charge in [0.2, 0.25) is 11.0 Å². The van der Waals surface area contributed by atoms with Crippen LogP contribution in [0.5, 0.6) is 5.75 Å². The Kier molecular flexibility index (Phi) is 9.90. The first-order valence-electron chi connectivity index (χ1n) is 11.2. The van der Waals surface area contributed by atoms with Crippen LogP contribution in [-0.4, -0.2) is 27.6 Å². The summed E-state index contributed by atoms with van der Waals surface area (Å²) in [4.78, 5) is 25.0. The molecular weight excluding hydrogens is 454 g/mol. The fourth-order valence-corrected chi connectivity index (χ4v) is 4.84. The Bertz CT molecular complexity index is 1020. The SMILES string of the molecule is CCCC[C@H](CC)C(=O)Nc1nnc(SCC(=O)c2ccc(OCc3ccccc3)cc2)s1. The highest BCUT2D eigenvalue weighted by Gasteiger charge is 2.18. The quantitative estimate of drug-likeness (QED) is 0.176. The highest BCUT2D eigenvalue weighted by atomic mass is 32.2. The molecule has 1 amide bonds. The van der Waals surface area contributed by atoms with Crippen LogP contribution in [0, 0.1) is 5.92 Å². The zero-order valence-electron chi connectivity index (χ0n) is 19.0. The molecule has 0 fully saturated rings. The molecule has 0 aliphatic heterocycles. The van der Waals surface area contributed by atoms with Crippen LogP contribution in [0.4, 0.5) is 5.13 Å². The first kappa shape index (κ1) is 24.9. The van der Waals surface area contributed by atoms with Gasteiger partial charge in [0.25, 0.3) is 0 Å². The molecule has 6 nitrogen and oxygen atoms in total. The Hall–Kier alpha value is -2.71. The van der Waals surface area contributed by atoms with Crippen molar-refractivity contribution in [1.82, 2.24) is 10.2 Å². The molecule has 8 heteroatoms. The van der Waals surface area contributed by atoms with Gasteiger partial charge in [-0.05, 0) is 42.7 Å². The van der Waals surface area contributed by atoms with E-state index in [2.05, 4.69) is 22.4 Å². The van der Waals surface area contributed by atoms with Crippen LogP contribution >= 0.6 is 23.1 Å². The molecular formula is C25H29N3O3S2. The molecule has 1 atom stereocenters. The van der Waals surface area contributed by atoms with E-state index in [-0.39, 0.29) is 23.4 Å². The third-order valence-electron chi connectivity index (χ3n) is 5.16. The van der Waals surface area contributed by atoms with Crippen LogP contribution in [0.15, 0.2) is 58.9 Å². The summed E-state index contributed by atoms with van der Waals surface area (Å²) in [6.45, 7) is 4.63. The monoisotopic (exact) mass is 483 g/mol. The van der Waals surface area contributed by atoms with Gasteiger partial charge in [-0.1, -0.05) is 80.1 Å². The first-order chi connectivity index (χ1) is 16.1. The molecule has 0 spiro atoms. The van der Waals surface area contributed by atoms with Crippen LogP contribution in [-0.2, 0) is 11.4 Å². The molecule has 0 bridgehead atoms. The summed E-state index contributed by atoms with van der Waals surface area (Å²) in [5, 5.41) is 11.5. The number of nitrogens with one attached hydrogen (secondary N) is 1. The van der Waals surface area contributed by atoms with E-state index in [0.717, 1.165) is 37.0 Å². The minimum absolute atomic E-state index is 0.000933. The van der Waals surface area contributed by atoms with Gasteiger partial charge in [-0.25, -0.2) is 0 Å². The summed E-state index contributed by atoms with van der Waals surface area (Å²) in [7, 11) is 0. The van der Waals surface area contributed by atoms with Crippen LogP contribution < -0.4 is 10.1 Å². The molecule has 1 heterocycles. The van der Waals surface area contributed by atoms with Crippen molar-refractivity contribution in [3.8, 4) is 5.75 Å². The van der Waals surface area contributed by atoms with Gasteiger partial charge in [-0.2, -0.15) is 0 Å². The van der Waals surface area contributed by atoms with Crippen molar-refractivity contribution in [1.29, 1.82) is 0 Å². The molecule has 3 aromatic rings. The van der Waals surface area contributed by atoms with Gasteiger partial charge in [0.05, 0.1) is 5.75 Å². The van der Waals surface area contributed by atoms with Crippen LogP contribution in [0.1, 0.15) is 55.5 Å². The number of amides is 1. The number of carbonyl (C=O) groups is 2. The van der Waals surface area contributed by atoms with Crippen molar-refractivity contribution in [2.45, 2.75) is 50.5 Å². The minimum atomic E-state index is -0.00991. The molecule has 2 aromatic carbocycles. The number of ketones is 1. The second kappa shape index (κ2) is 13.1. The number of unbranched alkanes of at least 4 members (excludes halogenated alkanes) is 1. The number of Topliss-reactive ketones (excluding diaryl/α,β-unsaturated/α-hetero) is 1. The lowest BCUT2D eigenvalue weighted by molar-refractivity contribution is -0.120. The molecule has 0 aliphatic rings. The summed E-state index contributed by atoms with van der Waals surface area (Å²) in [6.07, 6.45) is 3.78. The molecule has 1 aromatic heterocycles. The third-order valence-corrected chi connectivity index (χ3v) is 7.13. The fourth-order valence-electron chi connectivity index (χ4n) is 3.19. The van der Waals surface area contributed by atoms with Crippen molar-refractivity contribution in [2.24, 2.45) is 5.92 Å². The fraction of sp³-hybridized carbons (Fsp3) is 0.360. The van der Waals surface area contributed by atoms with E-state index in [9.17, 15) is 9.59 Å². The standard InChI is InChI=1S/C25H29N3O3S2/c1-3-5-11-19(4-2)23(30)26-24-27-28-25(33-24)32-17-22(29)20-12-14-21(15-13-20)31-16-18-9-7-6-8-10-18/h6-10,12-15,19H,3-5,11,16-17H2,1-2H3,(H,26,27,30)/t19-/m0/s1. The summed E-state index contributed by atoms with van der Waals surface area (Å²) >= 11 is 2.62. The van der Waals surface area contributed by atoms with E-state index >= 15 is 0 Å². The van der Waals surface area contributed by atoms with Crippen molar-refractivity contribution in [2.75, 3.05) is 11.1 Å². The number of ether oxygens (including phenoxy) is 1. The third kappa shape index (κ3) is 7.98. The summed E-state index contributed by atoms with van der Waals surface area (Å²) in [5.41, 5.74) is 1.71. The highest BCUT2D eigenvalue weighted by Crippen LogP contribution is 2.27. The Balaban J connectivity index is 1.46. The molecule has 0 unspecified atom stereocenters. The lowest BCUT2D eigenvalue weighted by Gasteiger charge is -2.12. The summed E-state index contributed by atoms with van der Waals surface area (Å²) < 4.78 is 6.42. The molecule has 0 aliphatic carbocycles. The van der Waals surface area contributed by atoms with Gasteiger partial charge in [0.15, 0.2) is 10.1 Å². The average molecular weight is 484 g/mol. The first-order valence-corrected chi connectivity index (χ1v) is 13.0. The minimum Gasteiger partial charge on any atom is -0.489 e. The van der Waals surface area contributed by atoms with E-state index < -0.39 is 0 Å². The number of hydrogen-bond acceptors (Lipinski definition) is 7. The predicted octanol–water partition coefficient (Wildman–Crippen LogP) is 6.25. The second-order valence-corrected chi connectivity index (χ2v) is 9.82. The number of aromatic nitrogens is 2. The lowest BCUT2D eigenvalue weighted by atomic mass is 9.99. The molecule has 174 valence electrons. The van der Waals surface area contributed by atoms with Gasteiger partial charge in [-0.3, -0.25) is 9.59 Å². The van der Waals surface area contributed by atoms with E-state index in [1.54, 1.807) is 12.1 Å². The molecule has 0 radical (unpaired) electrons. The number of hydrogen-bond donors (Lipinski definition) is 1. The molecule has 3 rings (SSSR count). The number of rotatable bonds is 13. The largest absolute Gasteiger partial charge is 0.489 e. The summed E-state index contributed by atoms with van der Waals surface area (Å²) in [6, 6.07) is 17.1. The van der Waals surface area contributed by atoms with Crippen molar-refractivity contribution in [3.05, 3.63) is 65.7 Å².